The van der Waals surface area contributed by atoms with Crippen LogP contribution in [0, 0.1) is 23.3 Å². The molecule has 12 aromatic rings. The Morgan fingerprint density at radius 3 is 0.846 bits per heavy atom. The van der Waals surface area contributed by atoms with Crippen molar-refractivity contribution in [3.63, 3.8) is 0 Å². The molecule has 12 aromatic carbocycles. The summed E-state index contributed by atoms with van der Waals surface area (Å²) in [6, 6.07) is 73.5. The van der Waals surface area contributed by atoms with Crippen molar-refractivity contribution in [3.8, 4) is 44.5 Å². The molecule has 12 rings (SSSR count). The second-order valence-electron chi connectivity index (χ2n) is 22.4. The molecule has 0 fully saturated rings. The summed E-state index contributed by atoms with van der Waals surface area (Å²) < 4.78 is 60.3. The monoisotopic (exact) mass is 1020 g/mol. The molecule has 0 aromatic heterocycles. The second-order valence-corrected chi connectivity index (χ2v) is 22.4. The van der Waals surface area contributed by atoms with Gasteiger partial charge in [-0.2, -0.15) is 0 Å². The van der Waals surface area contributed by atoms with E-state index in [1.807, 2.05) is 36.4 Å². The summed E-state index contributed by atoms with van der Waals surface area (Å²) in [6.45, 7) is 13.2. The zero-order valence-electron chi connectivity index (χ0n) is 44.3. The van der Waals surface area contributed by atoms with Crippen LogP contribution in [0.1, 0.15) is 52.7 Å². The van der Waals surface area contributed by atoms with E-state index >= 15 is 17.6 Å². The standard InChI is InChI=1S/C72H56F4N2/c1-71(2,3)55-23-27-61(28-24-55)77(63-41-51(47-11-7-15-57(73)37-47)35-52(42-63)48-12-8-16-58(74)38-48)67-33-21-45-20-32-66-68(34-22-46-19-31-65(67)69(45)70(46)66)78(62-29-25-56(26-30-62)72(4,5)6)64-43-53(49-13-9-17-59(75)39-49)36-54(44-64)50-14-10-18-60(76)40-50/h7-44H,1-6H3. The van der Waals surface area contributed by atoms with Crippen LogP contribution in [0.5, 0.6) is 0 Å². The van der Waals surface area contributed by atoms with Crippen LogP contribution in [0.2, 0.25) is 0 Å². The van der Waals surface area contributed by atoms with Crippen molar-refractivity contribution >= 4 is 66.4 Å². The molecular weight excluding hydrogens is 969 g/mol. The van der Waals surface area contributed by atoms with Crippen molar-refractivity contribution < 1.29 is 17.6 Å². The molecule has 78 heavy (non-hydrogen) atoms. The van der Waals surface area contributed by atoms with Gasteiger partial charge in [0.1, 0.15) is 23.3 Å². The molecule has 0 spiro atoms. The molecule has 0 atom stereocenters. The van der Waals surface area contributed by atoms with Crippen molar-refractivity contribution in [1.29, 1.82) is 0 Å². The lowest BCUT2D eigenvalue weighted by Crippen LogP contribution is -2.14. The fraction of sp³-hybridized carbons (Fsp3) is 0.111. The number of halogens is 4. The fourth-order valence-electron chi connectivity index (χ4n) is 11.1. The summed E-state index contributed by atoms with van der Waals surface area (Å²) in [5.41, 5.74) is 13.4. The first kappa shape index (κ1) is 49.9. The molecule has 382 valence electrons. The number of rotatable bonds is 10. The van der Waals surface area contributed by atoms with Gasteiger partial charge in [-0.05, 0) is 209 Å². The molecule has 0 heterocycles. The van der Waals surface area contributed by atoms with Gasteiger partial charge in [0, 0.05) is 33.5 Å². The largest absolute Gasteiger partial charge is 0.310 e. The van der Waals surface area contributed by atoms with E-state index in [2.05, 4.69) is 173 Å². The van der Waals surface area contributed by atoms with Gasteiger partial charge in [-0.1, -0.05) is 151 Å². The van der Waals surface area contributed by atoms with Gasteiger partial charge >= 0.3 is 0 Å². The topological polar surface area (TPSA) is 6.48 Å². The fourth-order valence-corrected chi connectivity index (χ4v) is 11.1. The van der Waals surface area contributed by atoms with Crippen molar-refractivity contribution in [1.82, 2.24) is 0 Å². The van der Waals surface area contributed by atoms with Crippen LogP contribution < -0.4 is 9.80 Å². The number of hydrogen-bond acceptors (Lipinski definition) is 2. The third-order valence-corrected chi connectivity index (χ3v) is 15.1. The maximum Gasteiger partial charge on any atom is 0.123 e. The molecule has 0 aliphatic rings. The van der Waals surface area contributed by atoms with Crippen molar-refractivity contribution in [2.24, 2.45) is 0 Å². The van der Waals surface area contributed by atoms with Crippen LogP contribution >= 0.6 is 0 Å². The summed E-state index contributed by atoms with van der Waals surface area (Å²) in [5, 5.41) is 6.28. The van der Waals surface area contributed by atoms with E-state index in [1.165, 1.54) is 59.7 Å². The Labute approximate surface area is 453 Å². The predicted octanol–water partition coefficient (Wildman–Crippen LogP) is 21.3. The molecule has 0 unspecified atom stereocenters. The first-order valence-electron chi connectivity index (χ1n) is 26.4. The number of anilines is 6. The van der Waals surface area contributed by atoms with Gasteiger partial charge in [-0.15, -0.1) is 0 Å². The predicted molar refractivity (Wildman–Crippen MR) is 318 cm³/mol. The Hall–Kier alpha value is -9.00. The minimum absolute atomic E-state index is 0.0970. The molecular formula is C72H56F4N2. The van der Waals surface area contributed by atoms with Gasteiger partial charge in [0.15, 0.2) is 0 Å². The molecule has 6 heteroatoms. The molecule has 0 N–H and O–H groups in total. The van der Waals surface area contributed by atoms with Crippen LogP contribution in [0.15, 0.2) is 231 Å². The van der Waals surface area contributed by atoms with Crippen LogP contribution in [-0.4, -0.2) is 0 Å². The Morgan fingerprint density at radius 1 is 0.269 bits per heavy atom. The third kappa shape index (κ3) is 9.53. The number of hydrogen-bond donors (Lipinski definition) is 0. The third-order valence-electron chi connectivity index (χ3n) is 15.1. The normalized spacial score (nSPS) is 12.0. The summed E-state index contributed by atoms with van der Waals surface area (Å²) in [6.07, 6.45) is 0. The minimum atomic E-state index is -0.349. The van der Waals surface area contributed by atoms with Gasteiger partial charge in [0.2, 0.25) is 0 Å². The van der Waals surface area contributed by atoms with E-state index in [1.54, 1.807) is 24.3 Å². The Kier molecular flexibility index (Phi) is 12.5. The van der Waals surface area contributed by atoms with E-state index in [4.69, 9.17) is 0 Å². The van der Waals surface area contributed by atoms with Crippen molar-refractivity contribution in [2.45, 2.75) is 52.4 Å². The quantitative estimate of drug-likeness (QED) is 0.0995. The van der Waals surface area contributed by atoms with Crippen molar-refractivity contribution in [2.75, 3.05) is 9.80 Å². The van der Waals surface area contributed by atoms with Crippen LogP contribution in [0.4, 0.5) is 51.7 Å². The SMILES string of the molecule is CC(C)(C)c1ccc(N(c2cc(-c3cccc(F)c3)cc(-c3cccc(F)c3)c2)c2ccc3ccc4c(N(c5ccc(C(C)(C)C)cc5)c5cc(-c6cccc(F)c6)cc(-c6cccc(F)c6)c5)ccc5ccc2c3c54)cc1. The van der Waals surface area contributed by atoms with Crippen molar-refractivity contribution in [3.05, 3.63) is 265 Å². The molecule has 0 aliphatic heterocycles. The summed E-state index contributed by atoms with van der Waals surface area (Å²) in [7, 11) is 0. The zero-order valence-corrected chi connectivity index (χ0v) is 44.3. The van der Waals surface area contributed by atoms with E-state index in [9.17, 15) is 0 Å². The Morgan fingerprint density at radius 2 is 0.564 bits per heavy atom. The number of benzene rings is 12. The van der Waals surface area contributed by atoms with Gasteiger partial charge < -0.3 is 9.80 Å². The molecule has 0 saturated carbocycles. The highest BCUT2D eigenvalue weighted by Gasteiger charge is 2.25. The summed E-state index contributed by atoms with van der Waals surface area (Å²) in [4.78, 5) is 4.53. The summed E-state index contributed by atoms with van der Waals surface area (Å²) >= 11 is 0. The Bertz CT molecular complexity index is 3820. The summed E-state index contributed by atoms with van der Waals surface area (Å²) in [5.74, 6) is -1.40. The molecule has 0 saturated heterocycles. The van der Waals surface area contributed by atoms with Gasteiger partial charge in [0.25, 0.3) is 0 Å². The van der Waals surface area contributed by atoms with E-state index in [0.717, 1.165) is 88.7 Å². The molecule has 0 bridgehead atoms. The van der Waals surface area contributed by atoms with Crippen LogP contribution in [0.25, 0.3) is 76.8 Å². The minimum Gasteiger partial charge on any atom is -0.310 e. The molecule has 0 amide bonds. The second kappa shape index (κ2) is 19.5. The highest BCUT2D eigenvalue weighted by molar-refractivity contribution is 6.28. The zero-order chi connectivity index (χ0) is 54.0. The van der Waals surface area contributed by atoms with Gasteiger partial charge in [-0.25, -0.2) is 17.6 Å². The Balaban J connectivity index is 1.12. The first-order valence-corrected chi connectivity index (χ1v) is 26.4. The van der Waals surface area contributed by atoms with Gasteiger partial charge in [-0.3, -0.25) is 0 Å². The maximum atomic E-state index is 15.1. The smallest absolute Gasteiger partial charge is 0.123 e. The highest BCUT2D eigenvalue weighted by atomic mass is 19.1. The van der Waals surface area contributed by atoms with E-state index in [-0.39, 0.29) is 34.1 Å². The lowest BCUT2D eigenvalue weighted by molar-refractivity contribution is 0.590. The molecule has 0 aliphatic carbocycles. The maximum absolute atomic E-state index is 15.1. The lowest BCUT2D eigenvalue weighted by atomic mass is 9.87. The average molecular weight is 1030 g/mol. The highest BCUT2D eigenvalue weighted by Crippen LogP contribution is 2.50. The first-order chi connectivity index (χ1) is 37.5. The lowest BCUT2D eigenvalue weighted by Gasteiger charge is -2.31. The number of nitrogens with zero attached hydrogens (tertiary/aromatic N) is 2. The molecule has 0 radical (unpaired) electrons. The van der Waals surface area contributed by atoms with Gasteiger partial charge in [0.05, 0.1) is 11.4 Å². The van der Waals surface area contributed by atoms with Crippen LogP contribution in [-0.2, 0) is 10.8 Å². The van der Waals surface area contributed by atoms with E-state index in [0.29, 0.717) is 22.3 Å². The average Bonchev–Trinajstić information content (AvgIpc) is 3.53. The molecule has 2 nitrogen and oxygen atoms in total. The van der Waals surface area contributed by atoms with E-state index < -0.39 is 0 Å². The van der Waals surface area contributed by atoms with Crippen LogP contribution in [0.3, 0.4) is 0 Å².